The van der Waals surface area contributed by atoms with Crippen LogP contribution in [0, 0.1) is 5.92 Å². The highest BCUT2D eigenvalue weighted by atomic mass is 16.5. The van der Waals surface area contributed by atoms with Crippen LogP contribution in [0.5, 0.6) is 0 Å². The van der Waals surface area contributed by atoms with Crippen molar-refractivity contribution in [2.45, 2.75) is 45.3 Å². The first-order valence-electron chi connectivity index (χ1n) is 11.2. The topological polar surface area (TPSA) is 91.5 Å². The number of esters is 1. The maximum Gasteiger partial charge on any atom is 0.328 e. The van der Waals surface area contributed by atoms with E-state index in [1.807, 2.05) is 62.5 Å². The molecule has 0 spiro atoms. The van der Waals surface area contributed by atoms with Crippen molar-refractivity contribution in [3.8, 4) is 0 Å². The van der Waals surface area contributed by atoms with E-state index in [2.05, 4.69) is 10.3 Å². The molecule has 0 saturated heterocycles. The van der Waals surface area contributed by atoms with Gasteiger partial charge in [0.25, 0.3) is 5.91 Å². The van der Waals surface area contributed by atoms with Gasteiger partial charge in [-0.3, -0.25) is 9.59 Å². The van der Waals surface area contributed by atoms with Crippen LogP contribution in [0.15, 0.2) is 54.7 Å². The van der Waals surface area contributed by atoms with Gasteiger partial charge in [-0.25, -0.2) is 4.79 Å². The Hall–Kier alpha value is -3.61. The zero-order chi connectivity index (χ0) is 23.7. The molecule has 0 bridgehead atoms. The Morgan fingerprint density at radius 1 is 1.06 bits per heavy atom. The summed E-state index contributed by atoms with van der Waals surface area (Å²) in [7, 11) is 1.30. The number of carbonyl (C=O) groups excluding carboxylic acids is 3. The van der Waals surface area contributed by atoms with Crippen molar-refractivity contribution in [2.75, 3.05) is 7.11 Å². The molecule has 2 N–H and O–H groups in total. The number of carbonyl (C=O) groups is 3. The Kier molecular flexibility index (Phi) is 6.22. The van der Waals surface area contributed by atoms with Gasteiger partial charge in [0.05, 0.1) is 13.2 Å². The fourth-order valence-corrected chi connectivity index (χ4v) is 4.62. The number of benzene rings is 2. The summed E-state index contributed by atoms with van der Waals surface area (Å²) in [6.45, 7) is 5.64. The van der Waals surface area contributed by atoms with E-state index < -0.39 is 30.0 Å². The van der Waals surface area contributed by atoms with E-state index in [-0.39, 0.29) is 11.8 Å². The second-order valence-corrected chi connectivity index (χ2v) is 8.88. The molecule has 3 atom stereocenters. The summed E-state index contributed by atoms with van der Waals surface area (Å²) in [5.74, 6) is -0.908. The molecular weight excluding hydrogens is 418 g/mol. The minimum Gasteiger partial charge on any atom is -0.467 e. The van der Waals surface area contributed by atoms with Gasteiger partial charge >= 0.3 is 5.97 Å². The highest BCUT2D eigenvalue weighted by Crippen LogP contribution is 2.42. The van der Waals surface area contributed by atoms with Crippen LogP contribution >= 0.6 is 0 Å². The molecule has 3 aromatic rings. The minimum atomic E-state index is -0.803. The van der Waals surface area contributed by atoms with Gasteiger partial charge in [-0.15, -0.1) is 0 Å². The predicted molar refractivity (Wildman–Crippen MR) is 126 cm³/mol. The van der Waals surface area contributed by atoms with Crippen LogP contribution in [0.4, 0.5) is 0 Å². The second-order valence-electron chi connectivity index (χ2n) is 8.88. The summed E-state index contributed by atoms with van der Waals surface area (Å²) in [5.41, 5.74) is 3.33. The first kappa shape index (κ1) is 22.6. The SMILES string of the molecule is COC(=O)C(CC(C)C)NC(=O)C(C)N1C(=O)c2ccccc2C1c1c[nH]c2ccccc12. The van der Waals surface area contributed by atoms with Crippen molar-refractivity contribution in [1.29, 1.82) is 0 Å². The van der Waals surface area contributed by atoms with Crippen molar-refractivity contribution in [2.24, 2.45) is 5.92 Å². The number of fused-ring (bicyclic) bond motifs is 2. The third-order valence-corrected chi connectivity index (χ3v) is 6.22. The predicted octanol–water partition coefficient (Wildman–Crippen LogP) is 3.81. The Morgan fingerprint density at radius 3 is 2.48 bits per heavy atom. The van der Waals surface area contributed by atoms with Crippen LogP contribution in [-0.4, -0.2) is 46.9 Å². The highest BCUT2D eigenvalue weighted by molar-refractivity contribution is 6.03. The van der Waals surface area contributed by atoms with E-state index in [9.17, 15) is 14.4 Å². The van der Waals surface area contributed by atoms with Crippen molar-refractivity contribution < 1.29 is 19.1 Å². The first-order valence-corrected chi connectivity index (χ1v) is 11.2. The third-order valence-electron chi connectivity index (χ3n) is 6.22. The Bertz CT molecular complexity index is 1200. The van der Waals surface area contributed by atoms with Crippen molar-refractivity contribution in [3.63, 3.8) is 0 Å². The number of amides is 2. The molecule has 1 aliphatic heterocycles. The van der Waals surface area contributed by atoms with Crippen LogP contribution in [0.25, 0.3) is 10.9 Å². The van der Waals surface area contributed by atoms with E-state index in [1.165, 1.54) is 7.11 Å². The molecule has 0 radical (unpaired) electrons. The molecule has 3 unspecified atom stereocenters. The number of methoxy groups -OCH3 is 1. The molecule has 2 aromatic carbocycles. The number of H-pyrrole nitrogens is 1. The average molecular weight is 448 g/mol. The lowest BCUT2D eigenvalue weighted by Crippen LogP contribution is -2.52. The number of nitrogens with one attached hydrogen (secondary N) is 2. The maximum atomic E-state index is 13.5. The molecule has 0 fully saturated rings. The third kappa shape index (κ3) is 4.11. The van der Waals surface area contributed by atoms with Crippen LogP contribution < -0.4 is 5.32 Å². The summed E-state index contributed by atoms with van der Waals surface area (Å²) >= 11 is 0. The van der Waals surface area contributed by atoms with Crippen LogP contribution in [0.3, 0.4) is 0 Å². The van der Waals surface area contributed by atoms with Crippen molar-refractivity contribution in [3.05, 3.63) is 71.4 Å². The maximum absolute atomic E-state index is 13.5. The molecular formula is C26H29N3O4. The zero-order valence-corrected chi connectivity index (χ0v) is 19.3. The minimum absolute atomic E-state index is 0.182. The molecule has 0 saturated carbocycles. The number of aromatic nitrogens is 1. The molecule has 2 heterocycles. The summed E-state index contributed by atoms with van der Waals surface area (Å²) in [5, 5.41) is 3.81. The lowest BCUT2D eigenvalue weighted by atomic mass is 9.97. The van der Waals surface area contributed by atoms with Gasteiger partial charge in [0.1, 0.15) is 12.1 Å². The molecule has 7 heteroatoms. The lowest BCUT2D eigenvalue weighted by molar-refractivity contribution is -0.146. The molecule has 4 rings (SSSR count). The summed E-state index contributed by atoms with van der Waals surface area (Å²) in [6, 6.07) is 13.3. The Morgan fingerprint density at radius 2 is 1.76 bits per heavy atom. The van der Waals surface area contributed by atoms with Gasteiger partial charge in [-0.2, -0.15) is 0 Å². The molecule has 0 aliphatic carbocycles. The van der Waals surface area contributed by atoms with Gasteiger partial charge in [0.15, 0.2) is 0 Å². The number of hydrogen-bond donors (Lipinski definition) is 2. The molecule has 7 nitrogen and oxygen atoms in total. The standard InChI is InChI=1S/C26H29N3O4/c1-15(2)13-22(26(32)33-4)28-24(30)16(3)29-23(18-10-5-6-11-19(18)25(29)31)20-14-27-21-12-8-7-9-17(20)21/h5-12,14-16,22-23,27H,13H2,1-4H3,(H,28,30). The van der Waals surface area contributed by atoms with Gasteiger partial charge in [-0.05, 0) is 37.0 Å². The van der Waals surface area contributed by atoms with Crippen LogP contribution in [-0.2, 0) is 14.3 Å². The van der Waals surface area contributed by atoms with Crippen molar-refractivity contribution >= 4 is 28.7 Å². The first-order chi connectivity index (χ1) is 15.8. The summed E-state index contributed by atoms with van der Waals surface area (Å²) in [4.78, 5) is 43.9. The fraction of sp³-hybridized carbons (Fsp3) is 0.346. The van der Waals surface area contributed by atoms with Gasteiger partial charge in [0.2, 0.25) is 5.91 Å². The number of hydrogen-bond acceptors (Lipinski definition) is 4. The van der Waals surface area contributed by atoms with E-state index in [4.69, 9.17) is 4.74 Å². The zero-order valence-electron chi connectivity index (χ0n) is 19.3. The van der Waals surface area contributed by atoms with Crippen molar-refractivity contribution in [1.82, 2.24) is 15.2 Å². The monoisotopic (exact) mass is 447 g/mol. The van der Waals surface area contributed by atoms with E-state index in [0.29, 0.717) is 12.0 Å². The normalized spacial score (nSPS) is 17.2. The smallest absolute Gasteiger partial charge is 0.328 e. The molecule has 1 aliphatic rings. The number of para-hydroxylation sites is 1. The van der Waals surface area contributed by atoms with E-state index in [0.717, 1.165) is 22.0 Å². The van der Waals surface area contributed by atoms with Crippen LogP contribution in [0.1, 0.15) is 54.7 Å². The van der Waals surface area contributed by atoms with Gasteiger partial charge < -0.3 is 19.9 Å². The Labute approximate surface area is 193 Å². The summed E-state index contributed by atoms with van der Waals surface area (Å²) in [6.07, 6.45) is 2.35. The van der Waals surface area contributed by atoms with E-state index >= 15 is 0 Å². The lowest BCUT2D eigenvalue weighted by Gasteiger charge is -2.31. The average Bonchev–Trinajstić information content (AvgIpc) is 3.36. The molecule has 1 aromatic heterocycles. The molecule has 33 heavy (non-hydrogen) atoms. The fourth-order valence-electron chi connectivity index (χ4n) is 4.62. The largest absolute Gasteiger partial charge is 0.467 e. The van der Waals surface area contributed by atoms with Gasteiger partial charge in [0, 0.05) is 28.2 Å². The van der Waals surface area contributed by atoms with Crippen LogP contribution in [0.2, 0.25) is 0 Å². The number of rotatable bonds is 7. The quantitative estimate of drug-likeness (QED) is 0.539. The van der Waals surface area contributed by atoms with E-state index in [1.54, 1.807) is 17.9 Å². The molecule has 2 amide bonds. The number of nitrogens with zero attached hydrogens (tertiary/aromatic N) is 1. The van der Waals surface area contributed by atoms with Gasteiger partial charge in [-0.1, -0.05) is 50.2 Å². The molecule has 172 valence electrons. The summed E-state index contributed by atoms with van der Waals surface area (Å²) < 4.78 is 4.88. The second kappa shape index (κ2) is 9.10. The Balaban J connectivity index is 1.71. The highest BCUT2D eigenvalue weighted by Gasteiger charge is 2.43. The number of aromatic amines is 1. The number of ether oxygens (including phenoxy) is 1.